The molecule has 2 atom stereocenters. The van der Waals surface area contributed by atoms with Gasteiger partial charge in [-0.2, -0.15) is 0 Å². The van der Waals surface area contributed by atoms with Gasteiger partial charge in [-0.3, -0.25) is 4.79 Å². The first kappa shape index (κ1) is 13.1. The standard InChI is InChI=1S/C16H23NO/c1-3-16(18)13-9-5-7-11-15(13)17-14-10-6-4-8-12(14)2/h4,6,8,10,13,15,17H,3,5,7,9,11H2,1-2H3. The molecule has 0 radical (unpaired) electrons. The molecule has 98 valence electrons. The van der Waals surface area contributed by atoms with Crippen molar-refractivity contribution >= 4 is 11.5 Å². The first-order chi connectivity index (χ1) is 8.72. The van der Waals surface area contributed by atoms with Gasteiger partial charge in [0, 0.05) is 24.1 Å². The van der Waals surface area contributed by atoms with Crippen LogP contribution in [0, 0.1) is 12.8 Å². The van der Waals surface area contributed by atoms with Crippen molar-refractivity contribution in [2.75, 3.05) is 5.32 Å². The summed E-state index contributed by atoms with van der Waals surface area (Å²) in [7, 11) is 0. The molecule has 0 aromatic heterocycles. The lowest BCUT2D eigenvalue weighted by Gasteiger charge is -2.32. The van der Waals surface area contributed by atoms with Crippen molar-refractivity contribution in [2.45, 2.75) is 52.0 Å². The second-order valence-electron chi connectivity index (χ2n) is 5.28. The SMILES string of the molecule is CCC(=O)C1CCCCC1Nc1ccccc1C. The van der Waals surface area contributed by atoms with E-state index in [2.05, 4.69) is 36.5 Å². The molecule has 0 spiro atoms. The molecule has 2 unspecified atom stereocenters. The van der Waals surface area contributed by atoms with E-state index in [-0.39, 0.29) is 5.92 Å². The van der Waals surface area contributed by atoms with Gasteiger partial charge in [-0.15, -0.1) is 0 Å². The molecule has 1 aromatic carbocycles. The molecular formula is C16H23NO. The van der Waals surface area contributed by atoms with Crippen molar-refractivity contribution in [3.63, 3.8) is 0 Å². The minimum Gasteiger partial charge on any atom is -0.381 e. The zero-order valence-electron chi connectivity index (χ0n) is 11.4. The maximum Gasteiger partial charge on any atom is 0.137 e. The molecule has 0 amide bonds. The molecule has 2 heteroatoms. The lowest BCUT2D eigenvalue weighted by Crippen LogP contribution is -2.37. The Morgan fingerprint density at radius 1 is 1.28 bits per heavy atom. The fourth-order valence-corrected chi connectivity index (χ4v) is 2.89. The number of hydrogen-bond acceptors (Lipinski definition) is 2. The predicted molar refractivity (Wildman–Crippen MR) is 75.8 cm³/mol. The second-order valence-corrected chi connectivity index (χ2v) is 5.28. The van der Waals surface area contributed by atoms with Gasteiger partial charge in [0.15, 0.2) is 0 Å². The number of Topliss-reactive ketones (excluding diaryl/α,β-unsaturated/α-hetero) is 1. The number of anilines is 1. The Morgan fingerprint density at radius 3 is 2.72 bits per heavy atom. The van der Waals surface area contributed by atoms with E-state index in [1.807, 2.05) is 6.92 Å². The summed E-state index contributed by atoms with van der Waals surface area (Å²) in [5.74, 6) is 0.629. The van der Waals surface area contributed by atoms with Gasteiger partial charge in [-0.1, -0.05) is 38.0 Å². The summed E-state index contributed by atoms with van der Waals surface area (Å²) in [5.41, 5.74) is 2.43. The molecule has 18 heavy (non-hydrogen) atoms. The molecule has 0 bridgehead atoms. The average molecular weight is 245 g/mol. The minimum absolute atomic E-state index is 0.211. The summed E-state index contributed by atoms with van der Waals surface area (Å²) in [5, 5.41) is 3.59. The number of ketones is 1. The summed E-state index contributed by atoms with van der Waals surface area (Å²) in [6, 6.07) is 8.65. The zero-order valence-corrected chi connectivity index (χ0v) is 11.4. The summed E-state index contributed by atoms with van der Waals surface area (Å²) < 4.78 is 0. The number of carbonyl (C=O) groups is 1. The van der Waals surface area contributed by atoms with Crippen LogP contribution in [0.4, 0.5) is 5.69 Å². The van der Waals surface area contributed by atoms with Crippen LogP contribution in [0.2, 0.25) is 0 Å². The molecule has 0 saturated heterocycles. The molecule has 1 saturated carbocycles. The Bertz CT molecular complexity index is 413. The van der Waals surface area contributed by atoms with E-state index >= 15 is 0 Å². The highest BCUT2D eigenvalue weighted by Crippen LogP contribution is 2.29. The van der Waals surface area contributed by atoms with Crippen LogP contribution in [0.3, 0.4) is 0 Å². The van der Waals surface area contributed by atoms with E-state index in [0.717, 1.165) is 12.8 Å². The number of para-hydroxylation sites is 1. The fraction of sp³-hybridized carbons (Fsp3) is 0.562. The third kappa shape index (κ3) is 2.92. The highest BCUT2D eigenvalue weighted by Gasteiger charge is 2.29. The van der Waals surface area contributed by atoms with Gasteiger partial charge in [-0.05, 0) is 31.4 Å². The monoisotopic (exact) mass is 245 g/mol. The largest absolute Gasteiger partial charge is 0.381 e. The first-order valence-electron chi connectivity index (χ1n) is 7.07. The quantitative estimate of drug-likeness (QED) is 0.870. The van der Waals surface area contributed by atoms with Crippen molar-refractivity contribution < 1.29 is 4.79 Å². The molecule has 1 aliphatic carbocycles. The van der Waals surface area contributed by atoms with Crippen LogP contribution >= 0.6 is 0 Å². The predicted octanol–water partition coefficient (Wildman–Crippen LogP) is 3.94. The molecule has 1 N–H and O–H groups in total. The number of carbonyl (C=O) groups excluding carboxylic acids is 1. The number of rotatable bonds is 4. The van der Waals surface area contributed by atoms with Gasteiger partial charge in [0.25, 0.3) is 0 Å². The molecule has 2 rings (SSSR count). The molecule has 1 aromatic rings. The normalized spacial score (nSPS) is 23.7. The maximum atomic E-state index is 12.0. The third-order valence-corrected chi connectivity index (χ3v) is 4.01. The Labute approximate surface area is 110 Å². The van der Waals surface area contributed by atoms with Crippen LogP contribution in [0.25, 0.3) is 0 Å². The van der Waals surface area contributed by atoms with E-state index in [4.69, 9.17) is 0 Å². The molecule has 0 heterocycles. The first-order valence-corrected chi connectivity index (χ1v) is 7.07. The third-order valence-electron chi connectivity index (χ3n) is 4.01. The van der Waals surface area contributed by atoms with E-state index in [9.17, 15) is 4.79 Å². The summed E-state index contributed by atoms with van der Waals surface area (Å²) in [6.07, 6.45) is 5.26. The van der Waals surface area contributed by atoms with E-state index in [1.54, 1.807) is 0 Å². The Kier molecular flexibility index (Phi) is 4.40. The lowest BCUT2D eigenvalue weighted by molar-refractivity contribution is -0.123. The highest BCUT2D eigenvalue weighted by molar-refractivity contribution is 5.82. The number of aryl methyl sites for hydroxylation is 1. The van der Waals surface area contributed by atoms with Gasteiger partial charge < -0.3 is 5.32 Å². The van der Waals surface area contributed by atoms with Gasteiger partial charge in [0.2, 0.25) is 0 Å². The smallest absolute Gasteiger partial charge is 0.137 e. The molecular weight excluding hydrogens is 222 g/mol. The minimum atomic E-state index is 0.211. The summed E-state index contributed by atoms with van der Waals surface area (Å²) in [4.78, 5) is 12.0. The molecule has 0 aliphatic heterocycles. The second kappa shape index (κ2) is 6.03. The van der Waals surface area contributed by atoms with Gasteiger partial charge in [0.05, 0.1) is 0 Å². The van der Waals surface area contributed by atoms with Gasteiger partial charge >= 0.3 is 0 Å². The Morgan fingerprint density at radius 2 is 2.00 bits per heavy atom. The van der Waals surface area contributed by atoms with Crippen molar-refractivity contribution in [2.24, 2.45) is 5.92 Å². The maximum absolute atomic E-state index is 12.0. The molecule has 1 fully saturated rings. The highest BCUT2D eigenvalue weighted by atomic mass is 16.1. The van der Waals surface area contributed by atoms with Gasteiger partial charge in [0.1, 0.15) is 5.78 Å². The summed E-state index contributed by atoms with van der Waals surface area (Å²) >= 11 is 0. The van der Waals surface area contributed by atoms with Crippen molar-refractivity contribution in [3.8, 4) is 0 Å². The lowest BCUT2D eigenvalue weighted by atomic mass is 9.81. The Hall–Kier alpha value is -1.31. The van der Waals surface area contributed by atoms with Crippen LogP contribution in [-0.2, 0) is 4.79 Å². The van der Waals surface area contributed by atoms with Crippen LogP contribution in [0.1, 0.15) is 44.6 Å². The van der Waals surface area contributed by atoms with E-state index in [0.29, 0.717) is 18.2 Å². The van der Waals surface area contributed by atoms with Crippen molar-refractivity contribution in [3.05, 3.63) is 29.8 Å². The van der Waals surface area contributed by atoms with Crippen LogP contribution in [0.15, 0.2) is 24.3 Å². The Balaban J connectivity index is 2.10. The van der Waals surface area contributed by atoms with Crippen LogP contribution < -0.4 is 5.32 Å². The van der Waals surface area contributed by atoms with Gasteiger partial charge in [-0.25, -0.2) is 0 Å². The average Bonchev–Trinajstić information content (AvgIpc) is 2.41. The van der Waals surface area contributed by atoms with Crippen molar-refractivity contribution in [1.82, 2.24) is 0 Å². The zero-order chi connectivity index (χ0) is 13.0. The summed E-state index contributed by atoms with van der Waals surface area (Å²) in [6.45, 7) is 4.09. The van der Waals surface area contributed by atoms with E-state index in [1.165, 1.54) is 24.1 Å². The topological polar surface area (TPSA) is 29.1 Å². The van der Waals surface area contributed by atoms with E-state index < -0.39 is 0 Å². The number of benzene rings is 1. The van der Waals surface area contributed by atoms with Crippen molar-refractivity contribution in [1.29, 1.82) is 0 Å². The fourth-order valence-electron chi connectivity index (χ4n) is 2.89. The number of nitrogens with one attached hydrogen (secondary N) is 1. The molecule has 1 aliphatic rings. The molecule has 2 nitrogen and oxygen atoms in total. The van der Waals surface area contributed by atoms with Crippen LogP contribution in [-0.4, -0.2) is 11.8 Å². The van der Waals surface area contributed by atoms with Crippen LogP contribution in [0.5, 0.6) is 0 Å². The number of hydrogen-bond donors (Lipinski definition) is 1.